The van der Waals surface area contributed by atoms with Crippen LogP contribution in [0, 0.1) is 11.8 Å². The summed E-state index contributed by atoms with van der Waals surface area (Å²) >= 11 is 3.29. The van der Waals surface area contributed by atoms with Crippen molar-refractivity contribution in [1.82, 2.24) is 4.31 Å². The third-order valence-electron chi connectivity index (χ3n) is 4.28. The van der Waals surface area contributed by atoms with Gasteiger partial charge in [0.1, 0.15) is 0 Å². The first kappa shape index (κ1) is 16.8. The Balaban J connectivity index is 2.21. The van der Waals surface area contributed by atoms with E-state index in [0.29, 0.717) is 30.6 Å². The summed E-state index contributed by atoms with van der Waals surface area (Å²) in [6, 6.07) is 4.84. The molecule has 0 radical (unpaired) electrons. The lowest BCUT2D eigenvalue weighted by Crippen LogP contribution is -2.32. The Labute approximate surface area is 135 Å². The number of nitrogens with zero attached hydrogens (tertiary/aromatic N) is 1. The molecule has 0 amide bonds. The third-order valence-corrected chi connectivity index (χ3v) is 6.90. The van der Waals surface area contributed by atoms with Crippen LogP contribution < -0.4 is 5.73 Å². The molecule has 21 heavy (non-hydrogen) atoms. The largest absolute Gasteiger partial charge is 0.398 e. The highest BCUT2D eigenvalue weighted by molar-refractivity contribution is 9.10. The van der Waals surface area contributed by atoms with Crippen LogP contribution in [-0.4, -0.2) is 25.8 Å². The van der Waals surface area contributed by atoms with E-state index in [1.165, 1.54) is 6.07 Å². The van der Waals surface area contributed by atoms with E-state index in [4.69, 9.17) is 5.73 Å². The number of rotatable bonds is 3. The Kier molecular flexibility index (Phi) is 5.33. The van der Waals surface area contributed by atoms with Gasteiger partial charge in [-0.25, -0.2) is 8.42 Å². The van der Waals surface area contributed by atoms with Crippen molar-refractivity contribution < 1.29 is 8.42 Å². The van der Waals surface area contributed by atoms with E-state index in [-0.39, 0.29) is 4.90 Å². The van der Waals surface area contributed by atoms with E-state index >= 15 is 0 Å². The second-order valence-corrected chi connectivity index (χ2v) is 8.81. The van der Waals surface area contributed by atoms with Gasteiger partial charge in [0.05, 0.1) is 4.90 Å². The van der Waals surface area contributed by atoms with Crippen LogP contribution in [0.2, 0.25) is 0 Å². The Hall–Kier alpha value is -0.590. The van der Waals surface area contributed by atoms with Crippen molar-refractivity contribution in [3.05, 3.63) is 22.7 Å². The summed E-state index contributed by atoms with van der Waals surface area (Å²) in [6.45, 7) is 5.62. The van der Waals surface area contributed by atoms with Gasteiger partial charge < -0.3 is 5.73 Å². The molecule has 2 rings (SSSR count). The zero-order chi connectivity index (χ0) is 15.6. The number of benzene rings is 1. The van der Waals surface area contributed by atoms with Crippen molar-refractivity contribution in [1.29, 1.82) is 0 Å². The minimum Gasteiger partial charge on any atom is -0.398 e. The minimum absolute atomic E-state index is 0.284. The fourth-order valence-corrected chi connectivity index (χ4v) is 4.61. The van der Waals surface area contributed by atoms with E-state index in [1.807, 2.05) is 0 Å². The van der Waals surface area contributed by atoms with Crippen LogP contribution in [0.25, 0.3) is 0 Å². The number of nitrogen functional groups attached to an aromatic ring is 1. The van der Waals surface area contributed by atoms with Crippen molar-refractivity contribution in [2.45, 2.75) is 38.0 Å². The molecule has 1 fully saturated rings. The fourth-order valence-electron chi connectivity index (χ4n) is 2.83. The molecular weight excluding hydrogens is 352 g/mol. The molecule has 1 heterocycles. The molecule has 1 aromatic carbocycles. The molecule has 118 valence electrons. The average molecular weight is 375 g/mol. The van der Waals surface area contributed by atoms with Crippen molar-refractivity contribution in [2.75, 3.05) is 18.8 Å². The maximum atomic E-state index is 12.7. The molecule has 0 aromatic heterocycles. The molecule has 1 atom stereocenters. The van der Waals surface area contributed by atoms with Crippen LogP contribution in [0.1, 0.15) is 33.1 Å². The summed E-state index contributed by atoms with van der Waals surface area (Å²) in [5.41, 5.74) is 6.26. The monoisotopic (exact) mass is 374 g/mol. The maximum absolute atomic E-state index is 12.7. The first-order valence-electron chi connectivity index (χ1n) is 7.37. The molecule has 0 saturated carbocycles. The zero-order valence-electron chi connectivity index (χ0n) is 12.5. The Morgan fingerprint density at radius 3 is 2.62 bits per heavy atom. The number of hydrogen-bond acceptors (Lipinski definition) is 3. The molecule has 6 heteroatoms. The fraction of sp³-hybridized carbons (Fsp3) is 0.600. The molecule has 1 aromatic rings. The zero-order valence-corrected chi connectivity index (χ0v) is 15.0. The van der Waals surface area contributed by atoms with E-state index < -0.39 is 10.0 Å². The normalized spacial score (nSPS) is 21.4. The highest BCUT2D eigenvalue weighted by Gasteiger charge is 2.28. The van der Waals surface area contributed by atoms with Crippen LogP contribution in [-0.2, 0) is 10.0 Å². The summed E-state index contributed by atoms with van der Waals surface area (Å²) < 4.78 is 27.8. The number of hydrogen-bond donors (Lipinski definition) is 1. The van der Waals surface area contributed by atoms with Crippen LogP contribution >= 0.6 is 15.9 Å². The number of halogens is 1. The second kappa shape index (κ2) is 6.67. The number of anilines is 1. The van der Waals surface area contributed by atoms with Crippen molar-refractivity contribution in [3.63, 3.8) is 0 Å². The van der Waals surface area contributed by atoms with Gasteiger partial charge in [-0.3, -0.25) is 0 Å². The number of sulfonamides is 1. The molecule has 4 nitrogen and oxygen atoms in total. The standard InChI is InChI=1S/C15H23BrN2O2S/c1-11(2)12-4-3-8-18(9-7-12)21(19,20)13-5-6-14(16)15(17)10-13/h5-6,10-12H,3-4,7-9,17H2,1-2H3. The third kappa shape index (κ3) is 3.79. The molecule has 0 bridgehead atoms. The molecular formula is C15H23BrN2O2S. The summed E-state index contributed by atoms with van der Waals surface area (Å²) in [6.07, 6.45) is 2.96. The van der Waals surface area contributed by atoms with Gasteiger partial charge >= 0.3 is 0 Å². The van der Waals surface area contributed by atoms with Crippen LogP contribution in [0.5, 0.6) is 0 Å². The SMILES string of the molecule is CC(C)C1CCCN(S(=O)(=O)c2ccc(Br)c(N)c2)CC1. The highest BCUT2D eigenvalue weighted by atomic mass is 79.9. The van der Waals surface area contributed by atoms with Gasteiger partial charge in [-0.15, -0.1) is 0 Å². The van der Waals surface area contributed by atoms with Gasteiger partial charge in [0.15, 0.2) is 0 Å². The van der Waals surface area contributed by atoms with Crippen molar-refractivity contribution >= 4 is 31.6 Å². The maximum Gasteiger partial charge on any atom is 0.243 e. The van der Waals surface area contributed by atoms with E-state index in [0.717, 1.165) is 23.7 Å². The van der Waals surface area contributed by atoms with E-state index in [2.05, 4.69) is 29.8 Å². The smallest absolute Gasteiger partial charge is 0.243 e. The molecule has 1 unspecified atom stereocenters. The molecule has 0 aliphatic carbocycles. The van der Waals surface area contributed by atoms with Gasteiger partial charge in [-0.05, 0) is 65.2 Å². The topological polar surface area (TPSA) is 63.4 Å². The first-order chi connectivity index (χ1) is 9.82. The molecule has 1 aliphatic rings. The lowest BCUT2D eigenvalue weighted by Gasteiger charge is -2.21. The van der Waals surface area contributed by atoms with Gasteiger partial charge in [0.25, 0.3) is 0 Å². The lowest BCUT2D eigenvalue weighted by molar-refractivity contribution is 0.341. The van der Waals surface area contributed by atoms with Crippen LogP contribution in [0.4, 0.5) is 5.69 Å². The molecule has 2 N–H and O–H groups in total. The summed E-state index contributed by atoms with van der Waals surface area (Å²) in [5.74, 6) is 1.22. The van der Waals surface area contributed by atoms with Gasteiger partial charge in [-0.2, -0.15) is 4.31 Å². The summed E-state index contributed by atoms with van der Waals surface area (Å²) in [7, 11) is -3.44. The van der Waals surface area contributed by atoms with E-state index in [1.54, 1.807) is 16.4 Å². The van der Waals surface area contributed by atoms with Crippen LogP contribution in [0.15, 0.2) is 27.6 Å². The second-order valence-electron chi connectivity index (χ2n) is 6.02. The predicted octanol–water partition coefficient (Wildman–Crippen LogP) is 3.48. The predicted molar refractivity (Wildman–Crippen MR) is 89.5 cm³/mol. The Bertz CT molecular complexity index is 602. The summed E-state index contributed by atoms with van der Waals surface area (Å²) in [5, 5.41) is 0. The van der Waals surface area contributed by atoms with Gasteiger partial charge in [-0.1, -0.05) is 13.8 Å². The van der Waals surface area contributed by atoms with Crippen LogP contribution in [0.3, 0.4) is 0 Å². The van der Waals surface area contributed by atoms with Gasteiger partial charge in [0, 0.05) is 23.2 Å². The minimum atomic E-state index is -3.44. The lowest BCUT2D eigenvalue weighted by atomic mass is 9.89. The highest BCUT2D eigenvalue weighted by Crippen LogP contribution is 2.29. The first-order valence-corrected chi connectivity index (χ1v) is 9.61. The van der Waals surface area contributed by atoms with E-state index in [9.17, 15) is 8.42 Å². The molecule has 0 spiro atoms. The quantitative estimate of drug-likeness (QED) is 0.823. The Morgan fingerprint density at radius 2 is 2.00 bits per heavy atom. The van der Waals surface area contributed by atoms with Crippen molar-refractivity contribution in [3.8, 4) is 0 Å². The number of nitrogens with two attached hydrogens (primary N) is 1. The van der Waals surface area contributed by atoms with Gasteiger partial charge in [0.2, 0.25) is 10.0 Å². The summed E-state index contributed by atoms with van der Waals surface area (Å²) in [4.78, 5) is 0.284. The Morgan fingerprint density at radius 1 is 1.29 bits per heavy atom. The van der Waals surface area contributed by atoms with Crippen molar-refractivity contribution in [2.24, 2.45) is 11.8 Å². The molecule has 1 aliphatic heterocycles. The average Bonchev–Trinajstić information content (AvgIpc) is 2.68. The molecule has 1 saturated heterocycles.